The van der Waals surface area contributed by atoms with Gasteiger partial charge in [-0.15, -0.1) is 0 Å². The van der Waals surface area contributed by atoms with Gasteiger partial charge >= 0.3 is 12.0 Å². The molecule has 1 saturated heterocycles. The van der Waals surface area contributed by atoms with Gasteiger partial charge in [-0.2, -0.15) is 0 Å². The van der Waals surface area contributed by atoms with E-state index in [9.17, 15) is 19.5 Å². The minimum absolute atomic E-state index is 0.113. The summed E-state index contributed by atoms with van der Waals surface area (Å²) in [7, 11) is 0. The number of carboxylic acid groups (broad SMARTS) is 1. The molecule has 1 aliphatic rings. The summed E-state index contributed by atoms with van der Waals surface area (Å²) in [6, 6.07) is -1.54. The maximum atomic E-state index is 12.1. The number of aromatic nitrogens is 2. The van der Waals surface area contributed by atoms with Crippen LogP contribution in [0, 0.1) is 0 Å². The maximum Gasteiger partial charge on any atom is 0.326 e. The third kappa shape index (κ3) is 4.20. The average molecular weight is 295 g/mol. The number of carbonyl (C=O) groups excluding carboxylic acids is 2. The topological polar surface area (TPSA) is 127 Å². The molecular formula is C12H17N5O4. The molecule has 4 N–H and O–H groups in total. The molecule has 0 saturated carbocycles. The van der Waals surface area contributed by atoms with Crippen LogP contribution in [0.25, 0.3) is 0 Å². The van der Waals surface area contributed by atoms with Crippen molar-refractivity contribution in [2.45, 2.75) is 18.9 Å². The van der Waals surface area contributed by atoms with Crippen molar-refractivity contribution in [1.29, 1.82) is 0 Å². The van der Waals surface area contributed by atoms with Crippen molar-refractivity contribution < 1.29 is 19.5 Å². The number of carboxylic acids is 1. The van der Waals surface area contributed by atoms with E-state index in [1.807, 2.05) is 0 Å². The Balaban J connectivity index is 1.94. The lowest BCUT2D eigenvalue weighted by Gasteiger charge is -2.22. The highest BCUT2D eigenvalue weighted by atomic mass is 16.4. The molecule has 9 nitrogen and oxygen atoms in total. The SMILES string of the molecule is O=C1CCN(C(=O)N[C@H](Cc2cnc[nH]2)C(=O)O)CCN1. The third-order valence-corrected chi connectivity index (χ3v) is 3.17. The van der Waals surface area contributed by atoms with Crippen LogP contribution in [-0.4, -0.2) is 63.6 Å². The van der Waals surface area contributed by atoms with E-state index in [0.29, 0.717) is 18.8 Å². The zero-order valence-electron chi connectivity index (χ0n) is 11.3. The van der Waals surface area contributed by atoms with Gasteiger partial charge in [-0.1, -0.05) is 0 Å². The number of carbonyl (C=O) groups is 3. The van der Waals surface area contributed by atoms with Crippen molar-refractivity contribution in [1.82, 2.24) is 25.5 Å². The first-order valence-corrected chi connectivity index (χ1v) is 6.58. The summed E-state index contributed by atoms with van der Waals surface area (Å²) in [5.41, 5.74) is 0.621. The van der Waals surface area contributed by atoms with Crippen LogP contribution in [-0.2, 0) is 16.0 Å². The highest BCUT2D eigenvalue weighted by molar-refractivity contribution is 5.83. The highest BCUT2D eigenvalue weighted by Gasteiger charge is 2.25. The molecule has 3 amide bonds. The number of rotatable bonds is 4. The van der Waals surface area contributed by atoms with Crippen LogP contribution in [0.5, 0.6) is 0 Å². The number of imidazole rings is 1. The van der Waals surface area contributed by atoms with E-state index in [1.54, 1.807) is 0 Å². The van der Waals surface area contributed by atoms with Gasteiger partial charge in [0, 0.05) is 44.4 Å². The van der Waals surface area contributed by atoms with E-state index >= 15 is 0 Å². The second-order valence-corrected chi connectivity index (χ2v) is 4.71. The Kier molecular flexibility index (Phi) is 4.75. The van der Waals surface area contributed by atoms with E-state index in [1.165, 1.54) is 17.4 Å². The number of nitrogens with zero attached hydrogens (tertiary/aromatic N) is 2. The number of amides is 3. The molecule has 0 unspecified atom stereocenters. The molecule has 2 rings (SSSR count). The van der Waals surface area contributed by atoms with Crippen LogP contribution in [0.2, 0.25) is 0 Å². The number of aliphatic carboxylic acids is 1. The summed E-state index contributed by atoms with van der Waals surface area (Å²) in [6.07, 6.45) is 3.29. The number of hydrogen-bond acceptors (Lipinski definition) is 4. The molecule has 9 heteroatoms. The molecule has 1 aromatic rings. The molecule has 0 spiro atoms. The minimum atomic E-state index is -1.12. The standard InChI is InChI=1S/C12H17N5O4/c18-10-1-3-17(4-2-14-10)12(21)16-9(11(19)20)5-8-6-13-7-15-8/h6-7,9H,1-5H2,(H,13,15)(H,14,18)(H,16,21)(H,19,20)/t9-/m1/s1. The highest BCUT2D eigenvalue weighted by Crippen LogP contribution is 2.02. The third-order valence-electron chi connectivity index (χ3n) is 3.17. The zero-order valence-corrected chi connectivity index (χ0v) is 11.3. The second kappa shape index (κ2) is 6.73. The lowest BCUT2D eigenvalue weighted by Crippen LogP contribution is -2.49. The van der Waals surface area contributed by atoms with Gasteiger partial charge in [-0.05, 0) is 0 Å². The lowest BCUT2D eigenvalue weighted by atomic mass is 10.1. The molecule has 21 heavy (non-hydrogen) atoms. The van der Waals surface area contributed by atoms with Gasteiger partial charge in [0.05, 0.1) is 6.33 Å². The van der Waals surface area contributed by atoms with Gasteiger partial charge in [0.25, 0.3) is 0 Å². The fourth-order valence-electron chi connectivity index (χ4n) is 2.03. The summed E-state index contributed by atoms with van der Waals surface area (Å²) >= 11 is 0. The summed E-state index contributed by atoms with van der Waals surface area (Å²) < 4.78 is 0. The van der Waals surface area contributed by atoms with Crippen LogP contribution in [0.1, 0.15) is 12.1 Å². The van der Waals surface area contributed by atoms with E-state index in [0.717, 1.165) is 0 Å². The molecular weight excluding hydrogens is 278 g/mol. The Morgan fingerprint density at radius 1 is 1.48 bits per heavy atom. The summed E-state index contributed by atoms with van der Waals surface area (Å²) in [4.78, 5) is 42.6. The number of hydrogen-bond donors (Lipinski definition) is 4. The maximum absolute atomic E-state index is 12.1. The van der Waals surface area contributed by atoms with Crippen LogP contribution in [0.3, 0.4) is 0 Å². The fraction of sp³-hybridized carbons (Fsp3) is 0.500. The van der Waals surface area contributed by atoms with Crippen molar-refractivity contribution in [2.75, 3.05) is 19.6 Å². The van der Waals surface area contributed by atoms with Gasteiger partial charge in [0.15, 0.2) is 0 Å². The Bertz CT molecular complexity index is 516. The van der Waals surface area contributed by atoms with Crippen molar-refractivity contribution in [2.24, 2.45) is 0 Å². The molecule has 0 radical (unpaired) electrons. The smallest absolute Gasteiger partial charge is 0.326 e. The Labute approximate surface area is 120 Å². The monoisotopic (exact) mass is 295 g/mol. The Morgan fingerprint density at radius 2 is 2.29 bits per heavy atom. The van der Waals surface area contributed by atoms with Crippen molar-refractivity contribution in [3.63, 3.8) is 0 Å². The van der Waals surface area contributed by atoms with Gasteiger partial charge in [-0.3, -0.25) is 4.79 Å². The Hall–Kier alpha value is -2.58. The molecule has 1 aromatic heterocycles. The van der Waals surface area contributed by atoms with Crippen LogP contribution in [0.4, 0.5) is 4.79 Å². The number of aromatic amines is 1. The van der Waals surface area contributed by atoms with Crippen LogP contribution >= 0.6 is 0 Å². The first-order valence-electron chi connectivity index (χ1n) is 6.58. The minimum Gasteiger partial charge on any atom is -0.480 e. The first-order chi connectivity index (χ1) is 10.1. The summed E-state index contributed by atoms with van der Waals surface area (Å²) in [5.74, 6) is -1.24. The lowest BCUT2D eigenvalue weighted by molar-refractivity contribution is -0.139. The molecule has 114 valence electrons. The summed E-state index contributed by atoms with van der Waals surface area (Å²) in [6.45, 7) is 0.993. The van der Waals surface area contributed by atoms with Gasteiger partial charge < -0.3 is 25.6 Å². The van der Waals surface area contributed by atoms with Crippen molar-refractivity contribution in [3.05, 3.63) is 18.2 Å². The molecule has 2 heterocycles. The van der Waals surface area contributed by atoms with E-state index in [2.05, 4.69) is 20.6 Å². The molecule has 1 atom stereocenters. The molecule has 0 aromatic carbocycles. The zero-order chi connectivity index (χ0) is 15.2. The van der Waals surface area contributed by atoms with Crippen LogP contribution < -0.4 is 10.6 Å². The van der Waals surface area contributed by atoms with Gasteiger partial charge in [0.2, 0.25) is 5.91 Å². The summed E-state index contributed by atoms with van der Waals surface area (Å²) in [5, 5.41) is 14.3. The van der Waals surface area contributed by atoms with Crippen molar-refractivity contribution in [3.8, 4) is 0 Å². The van der Waals surface area contributed by atoms with Gasteiger partial charge in [-0.25, -0.2) is 14.6 Å². The number of nitrogens with one attached hydrogen (secondary N) is 3. The quantitative estimate of drug-likeness (QED) is 0.563. The molecule has 0 bridgehead atoms. The molecule has 0 aliphatic carbocycles. The largest absolute Gasteiger partial charge is 0.480 e. The number of urea groups is 1. The second-order valence-electron chi connectivity index (χ2n) is 4.71. The van der Waals surface area contributed by atoms with E-state index < -0.39 is 18.0 Å². The van der Waals surface area contributed by atoms with Crippen LogP contribution in [0.15, 0.2) is 12.5 Å². The predicted molar refractivity (Wildman–Crippen MR) is 71.4 cm³/mol. The van der Waals surface area contributed by atoms with E-state index in [4.69, 9.17) is 0 Å². The average Bonchev–Trinajstić information content (AvgIpc) is 2.85. The first kappa shape index (κ1) is 14.8. The Morgan fingerprint density at radius 3 is 2.95 bits per heavy atom. The number of H-pyrrole nitrogens is 1. The van der Waals surface area contributed by atoms with Gasteiger partial charge in [0.1, 0.15) is 6.04 Å². The van der Waals surface area contributed by atoms with Crippen molar-refractivity contribution >= 4 is 17.9 Å². The molecule has 1 aliphatic heterocycles. The molecule has 1 fully saturated rings. The predicted octanol–water partition coefficient (Wildman–Crippen LogP) is -1.06. The van der Waals surface area contributed by atoms with E-state index in [-0.39, 0.29) is 25.3 Å². The fourth-order valence-corrected chi connectivity index (χ4v) is 2.03. The normalized spacial score (nSPS) is 16.8.